The molecule has 1 N–H and O–H groups in total. The summed E-state index contributed by atoms with van der Waals surface area (Å²) in [6, 6.07) is 13.6. The fourth-order valence-corrected chi connectivity index (χ4v) is 3.02. The highest BCUT2D eigenvalue weighted by molar-refractivity contribution is 7.14. The number of nitrogens with zero attached hydrogens (tertiary/aromatic N) is 1. The summed E-state index contributed by atoms with van der Waals surface area (Å²) in [5.41, 5.74) is 2.49. The van der Waals surface area contributed by atoms with Crippen LogP contribution >= 0.6 is 11.3 Å². The number of ether oxygens (including phenoxy) is 1. The molecule has 0 aliphatic rings. The SMILES string of the molecule is CCCOc1ccc(-c2csc(NC(=O)C=Cc3ccc(F)cc3)n2)cc1. The molecule has 1 aromatic heterocycles. The molecule has 0 unspecified atom stereocenters. The van der Waals surface area contributed by atoms with Crippen molar-refractivity contribution in [2.24, 2.45) is 0 Å². The van der Waals surface area contributed by atoms with Crippen molar-refractivity contribution in [1.82, 2.24) is 4.98 Å². The van der Waals surface area contributed by atoms with Gasteiger partial charge in [-0.25, -0.2) is 9.37 Å². The lowest BCUT2D eigenvalue weighted by Gasteiger charge is -2.04. The largest absolute Gasteiger partial charge is 0.494 e. The van der Waals surface area contributed by atoms with Crippen molar-refractivity contribution in [3.8, 4) is 17.0 Å². The number of thiazole rings is 1. The third kappa shape index (κ3) is 5.49. The van der Waals surface area contributed by atoms with Gasteiger partial charge in [-0.1, -0.05) is 19.1 Å². The molecule has 0 fully saturated rings. The Bertz CT molecular complexity index is 918. The molecule has 1 heterocycles. The number of anilines is 1. The summed E-state index contributed by atoms with van der Waals surface area (Å²) in [4.78, 5) is 16.5. The van der Waals surface area contributed by atoms with Crippen LogP contribution in [0.25, 0.3) is 17.3 Å². The summed E-state index contributed by atoms with van der Waals surface area (Å²) in [5, 5.41) is 5.14. The minimum atomic E-state index is -0.308. The van der Waals surface area contributed by atoms with Crippen LogP contribution in [-0.2, 0) is 4.79 Å². The van der Waals surface area contributed by atoms with Crippen molar-refractivity contribution in [3.05, 3.63) is 71.4 Å². The van der Waals surface area contributed by atoms with E-state index in [9.17, 15) is 9.18 Å². The van der Waals surface area contributed by atoms with Gasteiger partial charge < -0.3 is 4.74 Å². The summed E-state index contributed by atoms with van der Waals surface area (Å²) >= 11 is 1.36. The molecule has 2 aromatic carbocycles. The second kappa shape index (κ2) is 9.09. The van der Waals surface area contributed by atoms with E-state index in [-0.39, 0.29) is 11.7 Å². The summed E-state index contributed by atoms with van der Waals surface area (Å²) in [6.45, 7) is 2.76. The Balaban J connectivity index is 1.60. The summed E-state index contributed by atoms with van der Waals surface area (Å²) in [6.07, 6.45) is 3.99. The van der Waals surface area contributed by atoms with Gasteiger partial charge in [0, 0.05) is 17.0 Å². The highest BCUT2D eigenvalue weighted by atomic mass is 32.1. The number of halogens is 1. The number of carbonyl (C=O) groups excluding carboxylic acids is 1. The molecule has 0 radical (unpaired) electrons. The fourth-order valence-electron chi connectivity index (χ4n) is 2.30. The first-order valence-corrected chi connectivity index (χ1v) is 9.45. The van der Waals surface area contributed by atoms with Crippen LogP contribution in [0.4, 0.5) is 9.52 Å². The van der Waals surface area contributed by atoms with E-state index in [1.807, 2.05) is 29.6 Å². The molecule has 138 valence electrons. The molecule has 1 amide bonds. The van der Waals surface area contributed by atoms with Crippen molar-refractivity contribution in [3.63, 3.8) is 0 Å². The monoisotopic (exact) mass is 382 g/mol. The molecule has 27 heavy (non-hydrogen) atoms. The molecule has 4 nitrogen and oxygen atoms in total. The Kier molecular flexibility index (Phi) is 6.33. The molecule has 0 saturated heterocycles. The number of nitrogens with one attached hydrogen (secondary N) is 1. The second-order valence-electron chi connectivity index (χ2n) is 5.78. The Labute approximate surface area is 161 Å². The van der Waals surface area contributed by atoms with Gasteiger partial charge in [0.25, 0.3) is 0 Å². The summed E-state index contributed by atoms with van der Waals surface area (Å²) in [5.74, 6) is 0.232. The first-order valence-electron chi connectivity index (χ1n) is 8.57. The van der Waals surface area contributed by atoms with E-state index in [4.69, 9.17) is 4.74 Å². The molecule has 0 spiro atoms. The van der Waals surface area contributed by atoms with Crippen LogP contribution in [0.5, 0.6) is 5.75 Å². The van der Waals surface area contributed by atoms with Gasteiger partial charge in [-0.2, -0.15) is 0 Å². The average Bonchev–Trinajstić information content (AvgIpc) is 3.14. The predicted octanol–water partition coefficient (Wildman–Crippen LogP) is 5.39. The normalized spacial score (nSPS) is 10.9. The Hall–Kier alpha value is -2.99. The lowest BCUT2D eigenvalue weighted by Crippen LogP contribution is -2.07. The van der Waals surface area contributed by atoms with E-state index < -0.39 is 0 Å². The van der Waals surface area contributed by atoms with Gasteiger partial charge in [0.15, 0.2) is 5.13 Å². The van der Waals surface area contributed by atoms with E-state index in [1.165, 1.54) is 29.5 Å². The van der Waals surface area contributed by atoms with Crippen molar-refractivity contribution in [2.45, 2.75) is 13.3 Å². The highest BCUT2D eigenvalue weighted by Crippen LogP contribution is 2.26. The molecule has 3 rings (SSSR count). The van der Waals surface area contributed by atoms with Crippen LogP contribution in [0.15, 0.2) is 60.0 Å². The summed E-state index contributed by atoms with van der Waals surface area (Å²) < 4.78 is 18.4. The number of benzene rings is 2. The van der Waals surface area contributed by atoms with Crippen molar-refractivity contribution in [1.29, 1.82) is 0 Å². The Morgan fingerprint density at radius 3 is 2.63 bits per heavy atom. The molecule has 0 saturated carbocycles. The van der Waals surface area contributed by atoms with Crippen molar-refractivity contribution < 1.29 is 13.9 Å². The molecular weight excluding hydrogens is 363 g/mol. The van der Waals surface area contributed by atoms with Gasteiger partial charge in [-0.15, -0.1) is 11.3 Å². The maximum absolute atomic E-state index is 12.9. The predicted molar refractivity (Wildman–Crippen MR) is 107 cm³/mol. The minimum Gasteiger partial charge on any atom is -0.494 e. The Morgan fingerprint density at radius 2 is 1.93 bits per heavy atom. The topological polar surface area (TPSA) is 51.2 Å². The number of amides is 1. The third-order valence-corrected chi connectivity index (χ3v) is 4.41. The van der Waals surface area contributed by atoms with Crippen LogP contribution in [0.2, 0.25) is 0 Å². The fraction of sp³-hybridized carbons (Fsp3) is 0.143. The molecule has 0 bridgehead atoms. The van der Waals surface area contributed by atoms with E-state index in [0.717, 1.165) is 29.0 Å². The van der Waals surface area contributed by atoms with Crippen LogP contribution < -0.4 is 10.1 Å². The quantitative estimate of drug-likeness (QED) is 0.558. The molecule has 0 aliphatic heterocycles. The van der Waals surface area contributed by atoms with Gasteiger partial charge in [0.05, 0.1) is 12.3 Å². The van der Waals surface area contributed by atoms with Gasteiger partial charge >= 0.3 is 0 Å². The zero-order valence-electron chi connectivity index (χ0n) is 14.8. The molecular formula is C21H19FN2O2S. The zero-order valence-corrected chi connectivity index (χ0v) is 15.6. The Morgan fingerprint density at radius 1 is 1.19 bits per heavy atom. The maximum Gasteiger partial charge on any atom is 0.250 e. The highest BCUT2D eigenvalue weighted by Gasteiger charge is 2.07. The third-order valence-electron chi connectivity index (χ3n) is 3.65. The standard InChI is InChI=1S/C21H19FN2O2S/c1-2-13-26-18-10-6-16(7-11-18)19-14-27-21(23-19)24-20(25)12-5-15-3-8-17(22)9-4-15/h3-12,14H,2,13H2,1H3,(H,23,24,25). The zero-order chi connectivity index (χ0) is 19.1. The molecule has 0 atom stereocenters. The first kappa shape index (κ1) is 18.8. The van der Waals surface area contributed by atoms with Crippen molar-refractivity contribution in [2.75, 3.05) is 11.9 Å². The maximum atomic E-state index is 12.9. The van der Waals surface area contributed by atoms with E-state index in [2.05, 4.69) is 17.2 Å². The van der Waals surface area contributed by atoms with Gasteiger partial charge in [-0.05, 0) is 54.5 Å². The molecule has 0 aliphatic carbocycles. The number of rotatable bonds is 7. The smallest absolute Gasteiger partial charge is 0.250 e. The lowest BCUT2D eigenvalue weighted by atomic mass is 10.2. The van der Waals surface area contributed by atoms with Crippen LogP contribution in [0, 0.1) is 5.82 Å². The van der Waals surface area contributed by atoms with Crippen LogP contribution in [-0.4, -0.2) is 17.5 Å². The second-order valence-corrected chi connectivity index (χ2v) is 6.64. The van der Waals surface area contributed by atoms with E-state index in [0.29, 0.717) is 11.7 Å². The van der Waals surface area contributed by atoms with Gasteiger partial charge in [0.1, 0.15) is 11.6 Å². The minimum absolute atomic E-state index is 0.288. The molecule has 6 heteroatoms. The number of hydrogen-bond acceptors (Lipinski definition) is 4. The van der Waals surface area contributed by atoms with Crippen LogP contribution in [0.1, 0.15) is 18.9 Å². The number of aromatic nitrogens is 1. The van der Waals surface area contributed by atoms with Gasteiger partial charge in [0.2, 0.25) is 5.91 Å². The molecule has 3 aromatic rings. The summed E-state index contributed by atoms with van der Waals surface area (Å²) in [7, 11) is 0. The lowest BCUT2D eigenvalue weighted by molar-refractivity contribution is -0.111. The number of hydrogen-bond donors (Lipinski definition) is 1. The van der Waals surface area contributed by atoms with Gasteiger partial charge in [-0.3, -0.25) is 10.1 Å². The number of carbonyl (C=O) groups is 1. The van der Waals surface area contributed by atoms with Crippen molar-refractivity contribution >= 4 is 28.5 Å². The van der Waals surface area contributed by atoms with E-state index in [1.54, 1.807) is 18.2 Å². The first-order chi connectivity index (χ1) is 13.1. The average molecular weight is 382 g/mol. The van der Waals surface area contributed by atoms with Crippen LogP contribution in [0.3, 0.4) is 0 Å². The van der Waals surface area contributed by atoms with E-state index >= 15 is 0 Å².